The van der Waals surface area contributed by atoms with Crippen LogP contribution in [-0.4, -0.2) is 25.1 Å². The molecule has 2 aromatic rings. The van der Waals surface area contributed by atoms with Crippen molar-refractivity contribution in [2.45, 2.75) is 19.6 Å². The summed E-state index contributed by atoms with van der Waals surface area (Å²) in [6, 6.07) is 16.8. The van der Waals surface area contributed by atoms with Crippen LogP contribution in [0.5, 0.6) is 5.75 Å². The third kappa shape index (κ3) is 5.80. The average molecular weight is 339 g/mol. The van der Waals surface area contributed by atoms with E-state index in [0.717, 1.165) is 11.1 Å². The SMILES string of the molecule is COc1ccccc1/C=C/C(=O)O[C@H](C)C(=O)NCc1ccccc1. The van der Waals surface area contributed by atoms with Crippen molar-refractivity contribution < 1.29 is 19.1 Å². The van der Waals surface area contributed by atoms with Gasteiger partial charge in [0.15, 0.2) is 6.10 Å². The number of ether oxygens (including phenoxy) is 2. The molecule has 5 heteroatoms. The Morgan fingerprint density at radius 3 is 2.48 bits per heavy atom. The molecule has 0 spiro atoms. The van der Waals surface area contributed by atoms with Gasteiger partial charge in [0.05, 0.1) is 7.11 Å². The summed E-state index contributed by atoms with van der Waals surface area (Å²) in [5.74, 6) is -0.281. The number of methoxy groups -OCH3 is 1. The smallest absolute Gasteiger partial charge is 0.331 e. The van der Waals surface area contributed by atoms with Crippen LogP contribution in [-0.2, 0) is 20.9 Å². The van der Waals surface area contributed by atoms with E-state index in [1.54, 1.807) is 19.3 Å². The summed E-state index contributed by atoms with van der Waals surface area (Å²) in [6.45, 7) is 1.92. The van der Waals surface area contributed by atoms with Gasteiger partial charge in [-0.15, -0.1) is 0 Å². The Morgan fingerprint density at radius 1 is 1.08 bits per heavy atom. The fraction of sp³-hybridized carbons (Fsp3) is 0.200. The first-order chi connectivity index (χ1) is 12.1. The van der Waals surface area contributed by atoms with Crippen LogP contribution in [0.25, 0.3) is 6.08 Å². The Morgan fingerprint density at radius 2 is 1.76 bits per heavy atom. The van der Waals surface area contributed by atoms with Gasteiger partial charge in [0.2, 0.25) is 0 Å². The average Bonchev–Trinajstić information content (AvgIpc) is 2.65. The number of rotatable bonds is 7. The van der Waals surface area contributed by atoms with E-state index in [1.807, 2.05) is 48.5 Å². The van der Waals surface area contributed by atoms with Crippen LogP contribution >= 0.6 is 0 Å². The predicted molar refractivity (Wildman–Crippen MR) is 95.9 cm³/mol. The van der Waals surface area contributed by atoms with Crippen molar-refractivity contribution in [3.8, 4) is 5.75 Å². The monoisotopic (exact) mass is 339 g/mol. The highest BCUT2D eigenvalue weighted by atomic mass is 16.5. The summed E-state index contributed by atoms with van der Waals surface area (Å²) in [5.41, 5.74) is 1.73. The summed E-state index contributed by atoms with van der Waals surface area (Å²) in [5, 5.41) is 2.74. The molecule has 0 aliphatic heterocycles. The van der Waals surface area contributed by atoms with Gasteiger partial charge in [-0.3, -0.25) is 4.79 Å². The molecule has 0 aromatic heterocycles. The zero-order valence-corrected chi connectivity index (χ0v) is 14.3. The van der Waals surface area contributed by atoms with Crippen LogP contribution in [0.2, 0.25) is 0 Å². The van der Waals surface area contributed by atoms with Gasteiger partial charge >= 0.3 is 5.97 Å². The molecule has 0 aliphatic rings. The van der Waals surface area contributed by atoms with Crippen LogP contribution in [0.4, 0.5) is 0 Å². The lowest BCUT2D eigenvalue weighted by Crippen LogP contribution is -2.35. The van der Waals surface area contributed by atoms with Crippen molar-refractivity contribution >= 4 is 18.0 Å². The molecule has 130 valence electrons. The quantitative estimate of drug-likeness (QED) is 0.622. The number of para-hydroxylation sites is 1. The van der Waals surface area contributed by atoms with Gasteiger partial charge in [-0.1, -0.05) is 48.5 Å². The van der Waals surface area contributed by atoms with Gasteiger partial charge in [-0.2, -0.15) is 0 Å². The molecule has 0 bridgehead atoms. The molecule has 2 rings (SSSR count). The van der Waals surface area contributed by atoms with E-state index >= 15 is 0 Å². The van der Waals surface area contributed by atoms with Gasteiger partial charge < -0.3 is 14.8 Å². The fourth-order valence-corrected chi connectivity index (χ4v) is 2.16. The molecule has 1 N–H and O–H groups in total. The second kappa shape index (κ2) is 9.27. The van der Waals surface area contributed by atoms with Crippen molar-refractivity contribution in [2.75, 3.05) is 7.11 Å². The lowest BCUT2D eigenvalue weighted by Gasteiger charge is -2.12. The predicted octanol–water partition coefficient (Wildman–Crippen LogP) is 2.96. The van der Waals surface area contributed by atoms with Crippen molar-refractivity contribution in [3.05, 3.63) is 71.8 Å². The van der Waals surface area contributed by atoms with Gasteiger partial charge in [0.25, 0.3) is 5.91 Å². The lowest BCUT2D eigenvalue weighted by molar-refractivity contribution is -0.150. The summed E-state index contributed by atoms with van der Waals surface area (Å²) in [7, 11) is 1.56. The van der Waals surface area contributed by atoms with E-state index in [-0.39, 0.29) is 5.91 Å². The Balaban J connectivity index is 1.84. The first kappa shape index (κ1) is 18.3. The lowest BCUT2D eigenvalue weighted by atomic mass is 10.2. The van der Waals surface area contributed by atoms with Crippen molar-refractivity contribution in [3.63, 3.8) is 0 Å². The number of benzene rings is 2. The molecule has 0 aliphatic carbocycles. The van der Waals surface area contributed by atoms with Crippen LogP contribution in [0.15, 0.2) is 60.7 Å². The van der Waals surface area contributed by atoms with Crippen molar-refractivity contribution in [1.29, 1.82) is 0 Å². The standard InChI is InChI=1S/C20H21NO4/c1-15(20(23)21-14-16-8-4-3-5-9-16)25-19(22)13-12-17-10-6-7-11-18(17)24-2/h3-13,15H,14H2,1-2H3,(H,21,23)/b13-12+/t15-/m1/s1. The second-order valence-corrected chi connectivity index (χ2v) is 5.36. The van der Waals surface area contributed by atoms with Crippen LogP contribution < -0.4 is 10.1 Å². The number of hydrogen-bond donors (Lipinski definition) is 1. The number of nitrogens with one attached hydrogen (secondary N) is 1. The maximum absolute atomic E-state index is 12.0. The van der Waals surface area contributed by atoms with Crippen molar-refractivity contribution in [2.24, 2.45) is 0 Å². The minimum atomic E-state index is -0.876. The van der Waals surface area contributed by atoms with Crippen LogP contribution in [0, 0.1) is 0 Å². The third-order valence-corrected chi connectivity index (χ3v) is 3.51. The number of esters is 1. The molecular weight excluding hydrogens is 318 g/mol. The van der Waals surface area contributed by atoms with Crippen molar-refractivity contribution in [1.82, 2.24) is 5.32 Å². The molecule has 1 atom stereocenters. The van der Waals surface area contributed by atoms with Crippen LogP contribution in [0.1, 0.15) is 18.1 Å². The van der Waals surface area contributed by atoms with Gasteiger partial charge in [0.1, 0.15) is 5.75 Å². The highest BCUT2D eigenvalue weighted by Gasteiger charge is 2.16. The first-order valence-corrected chi connectivity index (χ1v) is 7.93. The Kier molecular flexibility index (Phi) is 6.77. The largest absolute Gasteiger partial charge is 0.496 e. The highest BCUT2D eigenvalue weighted by Crippen LogP contribution is 2.18. The molecule has 25 heavy (non-hydrogen) atoms. The maximum Gasteiger partial charge on any atom is 0.331 e. The fourth-order valence-electron chi connectivity index (χ4n) is 2.16. The zero-order valence-electron chi connectivity index (χ0n) is 14.3. The van der Waals surface area contributed by atoms with E-state index < -0.39 is 12.1 Å². The molecule has 0 saturated carbocycles. The Hall–Kier alpha value is -3.08. The molecule has 0 unspecified atom stereocenters. The number of hydrogen-bond acceptors (Lipinski definition) is 4. The molecular formula is C20H21NO4. The molecule has 0 fully saturated rings. The van der Waals surface area contributed by atoms with E-state index in [4.69, 9.17) is 9.47 Å². The molecule has 5 nitrogen and oxygen atoms in total. The van der Waals surface area contributed by atoms with E-state index in [1.165, 1.54) is 13.0 Å². The number of carbonyl (C=O) groups is 2. The molecule has 2 aromatic carbocycles. The Labute approximate surface area is 147 Å². The zero-order chi connectivity index (χ0) is 18.1. The number of carbonyl (C=O) groups excluding carboxylic acids is 2. The Bertz CT molecular complexity index is 740. The summed E-state index contributed by atoms with van der Waals surface area (Å²) >= 11 is 0. The molecule has 1 amide bonds. The topological polar surface area (TPSA) is 64.6 Å². The normalized spacial score (nSPS) is 11.8. The van der Waals surface area contributed by atoms with Crippen LogP contribution in [0.3, 0.4) is 0 Å². The molecule has 0 heterocycles. The third-order valence-electron chi connectivity index (χ3n) is 3.51. The van der Waals surface area contributed by atoms with Gasteiger partial charge in [-0.25, -0.2) is 4.79 Å². The van der Waals surface area contributed by atoms with Gasteiger partial charge in [-0.05, 0) is 24.6 Å². The minimum absolute atomic E-state index is 0.345. The molecule has 0 saturated heterocycles. The first-order valence-electron chi connectivity index (χ1n) is 7.93. The summed E-state index contributed by atoms with van der Waals surface area (Å²) < 4.78 is 10.3. The van der Waals surface area contributed by atoms with E-state index in [2.05, 4.69) is 5.32 Å². The number of amides is 1. The van der Waals surface area contributed by atoms with E-state index in [9.17, 15) is 9.59 Å². The summed E-state index contributed by atoms with van der Waals surface area (Å²) in [4.78, 5) is 23.9. The van der Waals surface area contributed by atoms with E-state index in [0.29, 0.717) is 12.3 Å². The van der Waals surface area contributed by atoms with Gasteiger partial charge in [0, 0.05) is 18.2 Å². The summed E-state index contributed by atoms with van der Waals surface area (Å²) in [6.07, 6.45) is 1.99. The molecule has 0 radical (unpaired) electrons. The minimum Gasteiger partial charge on any atom is -0.496 e. The highest BCUT2D eigenvalue weighted by molar-refractivity contribution is 5.90. The second-order valence-electron chi connectivity index (χ2n) is 5.36. The maximum atomic E-state index is 12.0.